The molecular formula is C18H24N2O2. The molecule has 4 nitrogen and oxygen atoms in total. The van der Waals surface area contributed by atoms with Crippen LogP contribution in [-0.2, 0) is 11.3 Å². The smallest absolute Gasteiger partial charge is 0.325 e. The average molecular weight is 300 g/mol. The van der Waals surface area contributed by atoms with E-state index in [0.717, 1.165) is 29.5 Å². The Morgan fingerprint density at radius 3 is 2.59 bits per heavy atom. The predicted molar refractivity (Wildman–Crippen MR) is 85.4 cm³/mol. The first-order chi connectivity index (χ1) is 10.6. The third kappa shape index (κ3) is 2.87. The minimum absolute atomic E-state index is 0.0437. The van der Waals surface area contributed by atoms with E-state index in [2.05, 4.69) is 17.4 Å². The lowest BCUT2D eigenvalue weighted by Gasteiger charge is -2.25. The first-order valence-corrected chi connectivity index (χ1v) is 8.24. The molecule has 3 rings (SSSR count). The highest BCUT2D eigenvalue weighted by Crippen LogP contribution is 2.30. The highest BCUT2D eigenvalue weighted by Gasteiger charge is 2.42. The fourth-order valence-electron chi connectivity index (χ4n) is 3.62. The Morgan fingerprint density at radius 1 is 1.14 bits per heavy atom. The molecule has 4 heteroatoms. The Kier molecular flexibility index (Phi) is 4.19. The van der Waals surface area contributed by atoms with Crippen molar-refractivity contribution in [3.63, 3.8) is 0 Å². The van der Waals surface area contributed by atoms with Gasteiger partial charge in [-0.2, -0.15) is 0 Å². The van der Waals surface area contributed by atoms with Crippen LogP contribution in [0, 0.1) is 19.8 Å². The standard InChI is InChI=1S/C18H24N2O2/c1-12-8-9-13(2)15(10-12)11-20-17(21)16(19-18(20)22)14-6-4-3-5-7-14/h8-10,14,16H,3-7,11H2,1-2H3,(H,19,22)/t16-/m0/s1. The van der Waals surface area contributed by atoms with Crippen molar-refractivity contribution in [1.82, 2.24) is 10.2 Å². The van der Waals surface area contributed by atoms with Gasteiger partial charge in [-0.25, -0.2) is 4.79 Å². The van der Waals surface area contributed by atoms with Gasteiger partial charge in [0.05, 0.1) is 6.54 Å². The van der Waals surface area contributed by atoms with E-state index in [1.165, 1.54) is 24.2 Å². The second kappa shape index (κ2) is 6.11. The zero-order valence-corrected chi connectivity index (χ0v) is 13.4. The predicted octanol–water partition coefficient (Wildman–Crippen LogP) is 3.30. The Bertz CT molecular complexity index is 591. The van der Waals surface area contributed by atoms with Crippen LogP contribution >= 0.6 is 0 Å². The SMILES string of the molecule is Cc1ccc(C)c(CN2C(=O)N[C@@H](C3CCCCC3)C2=O)c1. The van der Waals surface area contributed by atoms with Crippen molar-refractivity contribution >= 4 is 11.9 Å². The minimum Gasteiger partial charge on any atom is -0.326 e. The second-order valence-corrected chi connectivity index (χ2v) is 6.68. The number of benzene rings is 1. The summed E-state index contributed by atoms with van der Waals surface area (Å²) in [4.78, 5) is 26.3. The van der Waals surface area contributed by atoms with Crippen molar-refractivity contribution in [2.45, 2.75) is 58.5 Å². The van der Waals surface area contributed by atoms with Crippen LogP contribution in [0.15, 0.2) is 18.2 Å². The van der Waals surface area contributed by atoms with Gasteiger partial charge in [0.25, 0.3) is 5.91 Å². The summed E-state index contributed by atoms with van der Waals surface area (Å²) >= 11 is 0. The molecule has 2 fully saturated rings. The third-order valence-corrected chi connectivity index (χ3v) is 5.01. The summed E-state index contributed by atoms with van der Waals surface area (Å²) in [6, 6.07) is 5.61. The van der Waals surface area contributed by atoms with Gasteiger partial charge >= 0.3 is 6.03 Å². The monoisotopic (exact) mass is 300 g/mol. The highest BCUT2D eigenvalue weighted by atomic mass is 16.2. The lowest BCUT2D eigenvalue weighted by molar-refractivity contribution is -0.129. The number of aryl methyl sites for hydroxylation is 2. The summed E-state index contributed by atoms with van der Waals surface area (Å²) in [6.45, 7) is 4.42. The number of carbonyl (C=O) groups excluding carboxylic acids is 2. The maximum Gasteiger partial charge on any atom is 0.325 e. The van der Waals surface area contributed by atoms with Crippen LogP contribution in [0.25, 0.3) is 0 Å². The molecule has 118 valence electrons. The van der Waals surface area contributed by atoms with Crippen LogP contribution in [-0.4, -0.2) is 22.9 Å². The lowest BCUT2D eigenvalue weighted by Crippen LogP contribution is -2.38. The molecule has 1 aliphatic carbocycles. The number of hydrogen-bond acceptors (Lipinski definition) is 2. The summed E-state index contributed by atoms with van der Waals surface area (Å²) in [5.41, 5.74) is 3.32. The number of amides is 3. The summed E-state index contributed by atoms with van der Waals surface area (Å²) in [6.07, 6.45) is 5.68. The zero-order chi connectivity index (χ0) is 15.7. The summed E-state index contributed by atoms with van der Waals surface area (Å²) in [7, 11) is 0. The van der Waals surface area contributed by atoms with Crippen LogP contribution in [0.3, 0.4) is 0 Å². The molecule has 1 heterocycles. The molecule has 2 aliphatic rings. The van der Waals surface area contributed by atoms with Gasteiger partial charge in [0.15, 0.2) is 0 Å². The number of hydrogen-bond donors (Lipinski definition) is 1. The van der Waals surface area contributed by atoms with Crippen molar-refractivity contribution in [3.05, 3.63) is 34.9 Å². The normalized spacial score (nSPS) is 23.0. The highest BCUT2D eigenvalue weighted by molar-refractivity contribution is 6.04. The van der Waals surface area contributed by atoms with Gasteiger partial charge in [0.1, 0.15) is 6.04 Å². The van der Waals surface area contributed by atoms with Crippen LogP contribution in [0.2, 0.25) is 0 Å². The largest absolute Gasteiger partial charge is 0.326 e. The summed E-state index contributed by atoms with van der Waals surface area (Å²) in [5.74, 6) is 0.270. The number of carbonyl (C=O) groups is 2. The molecule has 0 aromatic heterocycles. The van der Waals surface area contributed by atoms with Crippen LogP contribution < -0.4 is 5.32 Å². The third-order valence-electron chi connectivity index (χ3n) is 5.01. The van der Waals surface area contributed by atoms with Gasteiger partial charge in [-0.15, -0.1) is 0 Å². The number of nitrogens with zero attached hydrogens (tertiary/aromatic N) is 1. The molecule has 0 radical (unpaired) electrons. The zero-order valence-electron chi connectivity index (χ0n) is 13.4. The Morgan fingerprint density at radius 2 is 1.86 bits per heavy atom. The molecule has 0 unspecified atom stereocenters. The number of nitrogens with one attached hydrogen (secondary N) is 1. The quantitative estimate of drug-likeness (QED) is 0.871. The molecule has 1 saturated heterocycles. The molecule has 1 aromatic carbocycles. The summed E-state index contributed by atoms with van der Waals surface area (Å²) in [5, 5.41) is 2.92. The van der Waals surface area contributed by atoms with Crippen LogP contribution in [0.1, 0.15) is 48.8 Å². The molecule has 0 spiro atoms. The van der Waals surface area contributed by atoms with E-state index in [9.17, 15) is 9.59 Å². The van der Waals surface area contributed by atoms with E-state index in [1.807, 2.05) is 19.9 Å². The first-order valence-electron chi connectivity index (χ1n) is 8.24. The first kappa shape index (κ1) is 15.1. The Labute approximate surface area is 131 Å². The van der Waals surface area contributed by atoms with Gasteiger partial charge in [-0.3, -0.25) is 9.69 Å². The van der Waals surface area contributed by atoms with Gasteiger partial charge < -0.3 is 5.32 Å². The van der Waals surface area contributed by atoms with Crippen molar-refractivity contribution in [2.75, 3.05) is 0 Å². The lowest BCUT2D eigenvalue weighted by atomic mass is 9.84. The van der Waals surface area contributed by atoms with Gasteiger partial charge in [-0.05, 0) is 43.7 Å². The van der Waals surface area contributed by atoms with E-state index in [0.29, 0.717) is 12.5 Å². The van der Waals surface area contributed by atoms with E-state index >= 15 is 0 Å². The van der Waals surface area contributed by atoms with Gasteiger partial charge in [0.2, 0.25) is 0 Å². The second-order valence-electron chi connectivity index (χ2n) is 6.68. The Hall–Kier alpha value is -1.84. The minimum atomic E-state index is -0.307. The molecule has 0 bridgehead atoms. The molecule has 1 atom stereocenters. The summed E-state index contributed by atoms with van der Waals surface area (Å²) < 4.78 is 0. The molecule has 3 amide bonds. The fourth-order valence-corrected chi connectivity index (χ4v) is 3.62. The van der Waals surface area contributed by atoms with Crippen molar-refractivity contribution in [3.8, 4) is 0 Å². The van der Waals surface area contributed by atoms with Gasteiger partial charge in [-0.1, -0.05) is 43.0 Å². The van der Waals surface area contributed by atoms with Crippen molar-refractivity contribution < 1.29 is 9.59 Å². The van der Waals surface area contributed by atoms with Gasteiger partial charge in [0, 0.05) is 0 Å². The molecule has 1 N–H and O–H groups in total. The molecule has 1 aliphatic heterocycles. The molecule has 22 heavy (non-hydrogen) atoms. The number of rotatable bonds is 3. The topological polar surface area (TPSA) is 49.4 Å². The van der Waals surface area contributed by atoms with Crippen molar-refractivity contribution in [1.29, 1.82) is 0 Å². The van der Waals surface area contributed by atoms with E-state index < -0.39 is 0 Å². The number of imide groups is 1. The van der Waals surface area contributed by atoms with Crippen LogP contribution in [0.4, 0.5) is 4.79 Å². The molecule has 1 saturated carbocycles. The van der Waals surface area contributed by atoms with E-state index in [-0.39, 0.29) is 18.0 Å². The Balaban J connectivity index is 1.75. The van der Waals surface area contributed by atoms with E-state index in [4.69, 9.17) is 0 Å². The average Bonchev–Trinajstić information content (AvgIpc) is 2.80. The maximum absolute atomic E-state index is 12.7. The van der Waals surface area contributed by atoms with E-state index in [1.54, 1.807) is 0 Å². The van der Waals surface area contributed by atoms with Crippen molar-refractivity contribution in [2.24, 2.45) is 5.92 Å². The number of urea groups is 1. The van der Waals surface area contributed by atoms with Crippen LogP contribution in [0.5, 0.6) is 0 Å². The maximum atomic E-state index is 12.7. The molecule has 1 aromatic rings. The fraction of sp³-hybridized carbons (Fsp3) is 0.556. The molecular weight excluding hydrogens is 276 g/mol.